The van der Waals surface area contributed by atoms with E-state index in [0.29, 0.717) is 18.5 Å². The van der Waals surface area contributed by atoms with Gasteiger partial charge < -0.3 is 10.4 Å². The van der Waals surface area contributed by atoms with Gasteiger partial charge in [-0.3, -0.25) is 9.59 Å². The molecule has 0 bridgehead atoms. The standard InChI is InChI=1S/C18H15NO3/c20-16(18(7-8-18)17(21)22)19-13-5-6-15-12(10-13)9-11-3-1-2-4-14(11)15/h1-6,10H,7-9H2,(H,19,20)(H,21,22). The van der Waals surface area contributed by atoms with Crippen LogP contribution in [0.2, 0.25) is 0 Å². The number of benzene rings is 2. The zero-order chi connectivity index (χ0) is 15.3. The van der Waals surface area contributed by atoms with Crippen LogP contribution in [-0.4, -0.2) is 17.0 Å². The van der Waals surface area contributed by atoms with Crippen molar-refractivity contribution < 1.29 is 14.7 Å². The quantitative estimate of drug-likeness (QED) is 0.729. The molecule has 2 N–H and O–H groups in total. The van der Waals surface area contributed by atoms with Gasteiger partial charge in [0.05, 0.1) is 0 Å². The molecule has 0 atom stereocenters. The molecule has 1 fully saturated rings. The van der Waals surface area contributed by atoms with Gasteiger partial charge in [0.25, 0.3) is 0 Å². The van der Waals surface area contributed by atoms with Gasteiger partial charge in [0, 0.05) is 5.69 Å². The average molecular weight is 293 g/mol. The van der Waals surface area contributed by atoms with Crippen LogP contribution in [0.3, 0.4) is 0 Å². The second kappa shape index (κ2) is 4.44. The summed E-state index contributed by atoms with van der Waals surface area (Å²) in [6.45, 7) is 0. The summed E-state index contributed by atoms with van der Waals surface area (Å²) < 4.78 is 0. The van der Waals surface area contributed by atoms with Crippen LogP contribution in [0.15, 0.2) is 42.5 Å². The molecule has 0 radical (unpaired) electrons. The number of carbonyl (C=O) groups is 2. The number of hydrogen-bond acceptors (Lipinski definition) is 2. The number of fused-ring (bicyclic) bond motifs is 3. The third kappa shape index (κ3) is 1.84. The highest BCUT2D eigenvalue weighted by atomic mass is 16.4. The fourth-order valence-corrected chi connectivity index (χ4v) is 3.14. The fraction of sp³-hybridized carbons (Fsp3) is 0.222. The minimum absolute atomic E-state index is 0.407. The molecule has 22 heavy (non-hydrogen) atoms. The molecule has 2 aliphatic carbocycles. The molecular formula is C18H15NO3. The maximum atomic E-state index is 12.2. The maximum Gasteiger partial charge on any atom is 0.319 e. The molecule has 0 aliphatic heterocycles. The highest BCUT2D eigenvalue weighted by molar-refractivity contribution is 6.10. The summed E-state index contributed by atoms with van der Waals surface area (Å²) in [6, 6.07) is 14.0. The lowest BCUT2D eigenvalue weighted by molar-refractivity contribution is -0.147. The Balaban J connectivity index is 1.60. The van der Waals surface area contributed by atoms with Crippen LogP contribution in [0.1, 0.15) is 24.0 Å². The van der Waals surface area contributed by atoms with E-state index in [1.54, 1.807) is 0 Å². The van der Waals surface area contributed by atoms with Crippen molar-refractivity contribution in [2.75, 3.05) is 5.32 Å². The largest absolute Gasteiger partial charge is 0.480 e. The first kappa shape index (κ1) is 13.1. The highest BCUT2D eigenvalue weighted by Gasteiger charge is 2.57. The second-order valence-electron chi connectivity index (χ2n) is 6.05. The van der Waals surface area contributed by atoms with E-state index in [2.05, 4.69) is 17.4 Å². The van der Waals surface area contributed by atoms with Crippen LogP contribution < -0.4 is 5.32 Å². The monoisotopic (exact) mass is 293 g/mol. The van der Waals surface area contributed by atoms with E-state index in [1.807, 2.05) is 30.3 Å². The van der Waals surface area contributed by atoms with Crippen LogP contribution in [0, 0.1) is 5.41 Å². The van der Waals surface area contributed by atoms with Gasteiger partial charge >= 0.3 is 5.97 Å². The minimum Gasteiger partial charge on any atom is -0.480 e. The molecule has 0 saturated heterocycles. The topological polar surface area (TPSA) is 66.4 Å². The molecular weight excluding hydrogens is 278 g/mol. The van der Waals surface area contributed by atoms with E-state index in [-0.39, 0.29) is 0 Å². The Morgan fingerprint density at radius 3 is 2.45 bits per heavy atom. The molecule has 1 saturated carbocycles. The number of carbonyl (C=O) groups excluding carboxylic acids is 1. The Hall–Kier alpha value is -2.62. The molecule has 0 heterocycles. The normalized spacial score (nSPS) is 16.5. The Morgan fingerprint density at radius 2 is 1.73 bits per heavy atom. The summed E-state index contributed by atoms with van der Waals surface area (Å²) >= 11 is 0. The molecule has 110 valence electrons. The van der Waals surface area contributed by atoms with Gasteiger partial charge in [-0.2, -0.15) is 0 Å². The number of anilines is 1. The molecule has 2 aromatic rings. The Kier molecular flexibility index (Phi) is 2.64. The summed E-state index contributed by atoms with van der Waals surface area (Å²) in [5.41, 5.74) is 4.34. The van der Waals surface area contributed by atoms with Gasteiger partial charge in [-0.1, -0.05) is 30.3 Å². The molecule has 2 aromatic carbocycles. The SMILES string of the molecule is O=C(O)C1(C(=O)Nc2ccc3c(c2)Cc2ccccc2-3)CC1. The Morgan fingerprint density at radius 1 is 1.00 bits per heavy atom. The van der Waals surface area contributed by atoms with Crippen LogP contribution in [-0.2, 0) is 16.0 Å². The summed E-state index contributed by atoms with van der Waals surface area (Å²) in [5.74, 6) is -1.44. The molecule has 0 aromatic heterocycles. The number of carboxylic acid groups (broad SMARTS) is 1. The van der Waals surface area contributed by atoms with Crippen LogP contribution >= 0.6 is 0 Å². The maximum absolute atomic E-state index is 12.2. The Labute approximate surface area is 127 Å². The predicted molar refractivity (Wildman–Crippen MR) is 82.6 cm³/mol. The van der Waals surface area contributed by atoms with Crippen molar-refractivity contribution in [1.29, 1.82) is 0 Å². The first-order valence-corrected chi connectivity index (χ1v) is 7.36. The molecule has 4 heteroatoms. The first-order chi connectivity index (χ1) is 10.6. The van der Waals surface area contributed by atoms with Crippen molar-refractivity contribution in [2.24, 2.45) is 5.41 Å². The van der Waals surface area contributed by atoms with E-state index < -0.39 is 17.3 Å². The highest BCUT2D eigenvalue weighted by Crippen LogP contribution is 2.47. The lowest BCUT2D eigenvalue weighted by Gasteiger charge is -2.12. The molecule has 4 nitrogen and oxygen atoms in total. The van der Waals surface area contributed by atoms with Crippen LogP contribution in [0.4, 0.5) is 5.69 Å². The van der Waals surface area contributed by atoms with Gasteiger partial charge in [0.1, 0.15) is 5.41 Å². The lowest BCUT2D eigenvalue weighted by atomic mass is 10.0. The zero-order valence-electron chi connectivity index (χ0n) is 11.9. The van der Waals surface area contributed by atoms with Crippen molar-refractivity contribution in [3.05, 3.63) is 53.6 Å². The van der Waals surface area contributed by atoms with Gasteiger partial charge in [0.2, 0.25) is 5.91 Å². The van der Waals surface area contributed by atoms with Crippen molar-refractivity contribution in [3.8, 4) is 11.1 Å². The molecule has 2 aliphatic rings. The Bertz CT molecular complexity index is 806. The van der Waals surface area contributed by atoms with Crippen molar-refractivity contribution in [3.63, 3.8) is 0 Å². The summed E-state index contributed by atoms with van der Waals surface area (Å²) in [7, 11) is 0. The number of nitrogens with one attached hydrogen (secondary N) is 1. The number of amides is 1. The first-order valence-electron chi connectivity index (χ1n) is 7.36. The zero-order valence-corrected chi connectivity index (χ0v) is 11.9. The van der Waals surface area contributed by atoms with E-state index >= 15 is 0 Å². The summed E-state index contributed by atoms with van der Waals surface area (Å²) in [5, 5.41) is 11.9. The average Bonchev–Trinajstić information content (AvgIpc) is 3.24. The van der Waals surface area contributed by atoms with Gasteiger partial charge in [-0.15, -0.1) is 0 Å². The van der Waals surface area contributed by atoms with Crippen molar-refractivity contribution >= 4 is 17.6 Å². The van der Waals surface area contributed by atoms with E-state index in [0.717, 1.165) is 6.42 Å². The predicted octanol–water partition coefficient (Wildman–Crippen LogP) is 3.06. The molecule has 0 spiro atoms. The number of rotatable bonds is 3. The van der Waals surface area contributed by atoms with Gasteiger partial charge in [-0.05, 0) is 53.6 Å². The van der Waals surface area contributed by atoms with Crippen molar-refractivity contribution in [2.45, 2.75) is 19.3 Å². The van der Waals surface area contributed by atoms with Crippen molar-refractivity contribution in [1.82, 2.24) is 0 Å². The molecule has 4 rings (SSSR count). The second-order valence-corrected chi connectivity index (χ2v) is 6.05. The third-order valence-corrected chi connectivity index (χ3v) is 4.65. The fourth-order valence-electron chi connectivity index (χ4n) is 3.14. The molecule has 0 unspecified atom stereocenters. The number of hydrogen-bond donors (Lipinski definition) is 2. The number of carboxylic acids is 1. The van der Waals surface area contributed by atoms with Gasteiger partial charge in [-0.25, -0.2) is 0 Å². The van der Waals surface area contributed by atoms with E-state index in [1.165, 1.54) is 22.3 Å². The molecule has 1 amide bonds. The van der Waals surface area contributed by atoms with E-state index in [4.69, 9.17) is 5.11 Å². The number of aliphatic carboxylic acids is 1. The minimum atomic E-state index is -1.21. The van der Waals surface area contributed by atoms with Crippen LogP contribution in [0.5, 0.6) is 0 Å². The van der Waals surface area contributed by atoms with E-state index in [9.17, 15) is 9.59 Å². The van der Waals surface area contributed by atoms with Crippen LogP contribution in [0.25, 0.3) is 11.1 Å². The summed E-state index contributed by atoms with van der Waals surface area (Å²) in [4.78, 5) is 23.4. The lowest BCUT2D eigenvalue weighted by Crippen LogP contribution is -2.31. The third-order valence-electron chi connectivity index (χ3n) is 4.65. The van der Waals surface area contributed by atoms with Gasteiger partial charge in [0.15, 0.2) is 0 Å². The summed E-state index contributed by atoms with van der Waals surface area (Å²) in [6.07, 6.45) is 1.69. The smallest absolute Gasteiger partial charge is 0.319 e.